The van der Waals surface area contributed by atoms with Crippen LogP contribution in [0.15, 0.2) is 47.1 Å². The van der Waals surface area contributed by atoms with Gasteiger partial charge in [-0.1, -0.05) is 29.8 Å². The lowest BCUT2D eigenvalue weighted by atomic mass is 10.1. The monoisotopic (exact) mass is 309 g/mol. The van der Waals surface area contributed by atoms with E-state index >= 15 is 0 Å². The number of H-pyrrole nitrogens is 1. The first-order valence-electron chi connectivity index (χ1n) is 7.18. The van der Waals surface area contributed by atoms with Gasteiger partial charge in [-0.25, -0.2) is 4.98 Å². The van der Waals surface area contributed by atoms with Crippen molar-refractivity contribution in [2.75, 3.05) is 0 Å². The minimum Gasteiger partial charge on any atom is -0.465 e. The number of aromatic amines is 1. The Morgan fingerprint density at radius 1 is 1.09 bits per heavy atom. The number of aryl methyl sites for hydroxylation is 1. The molecular weight excluding hydrogens is 294 g/mol. The van der Waals surface area contributed by atoms with E-state index in [0.717, 1.165) is 11.3 Å². The Morgan fingerprint density at radius 2 is 1.83 bits per heavy atom. The van der Waals surface area contributed by atoms with E-state index in [9.17, 15) is 9.59 Å². The van der Waals surface area contributed by atoms with Gasteiger partial charge in [0, 0.05) is 6.42 Å². The number of benzene rings is 1. The van der Waals surface area contributed by atoms with E-state index in [1.807, 2.05) is 37.3 Å². The summed E-state index contributed by atoms with van der Waals surface area (Å²) >= 11 is 0. The maximum atomic E-state index is 11.9. The minimum atomic E-state index is -0.720. The Hall–Kier alpha value is -3.02. The fraction of sp³-hybridized carbons (Fsp3) is 0.176. The van der Waals surface area contributed by atoms with E-state index in [-0.39, 0.29) is 12.2 Å². The highest BCUT2D eigenvalue weighted by molar-refractivity contribution is 6.42. The number of nitrogens with zero attached hydrogens (tertiary/aromatic N) is 2. The van der Waals surface area contributed by atoms with Crippen molar-refractivity contribution in [2.24, 2.45) is 0 Å². The molecule has 6 heteroatoms. The quantitative estimate of drug-likeness (QED) is 0.557. The summed E-state index contributed by atoms with van der Waals surface area (Å²) < 4.78 is 5.63. The number of furan rings is 1. The van der Waals surface area contributed by atoms with Crippen LogP contribution in [0.1, 0.15) is 33.3 Å². The summed E-state index contributed by atoms with van der Waals surface area (Å²) in [4.78, 5) is 27.4. The van der Waals surface area contributed by atoms with Gasteiger partial charge in [-0.3, -0.25) is 14.7 Å². The molecular formula is C17H15N3O3. The molecule has 1 aromatic carbocycles. The minimum absolute atomic E-state index is 0.0960. The predicted molar refractivity (Wildman–Crippen MR) is 82.1 cm³/mol. The number of carbonyl (C=O) groups excluding carboxylic acids is 2. The van der Waals surface area contributed by atoms with Gasteiger partial charge >= 0.3 is 0 Å². The molecule has 1 N–H and O–H groups in total. The van der Waals surface area contributed by atoms with Crippen LogP contribution < -0.4 is 0 Å². The van der Waals surface area contributed by atoms with Crippen molar-refractivity contribution in [1.82, 2.24) is 15.2 Å². The second-order valence-corrected chi connectivity index (χ2v) is 5.28. The van der Waals surface area contributed by atoms with Gasteiger partial charge in [-0.05, 0) is 24.6 Å². The standard InChI is InChI=1S/C17H15N3O3/c1-11-2-4-12(5-3-11)8-13-6-7-14(23-13)9-15(21)16(22)17-18-10-19-20-17/h2-7,10H,8-9H2,1H3,(H,18,19,20). The zero-order valence-corrected chi connectivity index (χ0v) is 12.6. The molecule has 0 bridgehead atoms. The molecule has 0 saturated heterocycles. The third-order valence-corrected chi connectivity index (χ3v) is 3.42. The van der Waals surface area contributed by atoms with E-state index in [1.54, 1.807) is 6.07 Å². The van der Waals surface area contributed by atoms with Gasteiger partial charge in [-0.15, -0.1) is 5.10 Å². The van der Waals surface area contributed by atoms with Gasteiger partial charge < -0.3 is 4.42 Å². The molecule has 0 amide bonds. The number of Topliss-reactive ketones (excluding diaryl/α,β-unsaturated/α-hetero) is 2. The molecule has 2 aromatic heterocycles. The second kappa shape index (κ2) is 6.39. The summed E-state index contributed by atoms with van der Waals surface area (Å²) in [5.74, 6) is -0.229. The van der Waals surface area contributed by atoms with Gasteiger partial charge in [0.2, 0.25) is 11.6 Å². The number of carbonyl (C=O) groups is 2. The predicted octanol–water partition coefficient (Wildman–Crippen LogP) is 2.29. The summed E-state index contributed by atoms with van der Waals surface area (Å²) in [6.45, 7) is 2.03. The lowest BCUT2D eigenvalue weighted by Crippen LogP contribution is -2.17. The SMILES string of the molecule is Cc1ccc(Cc2ccc(CC(=O)C(=O)c3nc[nH]n3)o2)cc1. The van der Waals surface area contributed by atoms with Gasteiger partial charge in [0.05, 0.1) is 6.42 Å². The molecule has 6 nitrogen and oxygen atoms in total. The van der Waals surface area contributed by atoms with Crippen LogP contribution in [0.4, 0.5) is 0 Å². The highest BCUT2D eigenvalue weighted by atomic mass is 16.3. The van der Waals surface area contributed by atoms with E-state index in [0.29, 0.717) is 12.2 Å². The van der Waals surface area contributed by atoms with Crippen LogP contribution in [-0.4, -0.2) is 26.7 Å². The summed E-state index contributed by atoms with van der Waals surface area (Å²) in [5.41, 5.74) is 2.32. The fourth-order valence-corrected chi connectivity index (χ4v) is 2.20. The first kappa shape index (κ1) is 14.9. The summed E-state index contributed by atoms with van der Waals surface area (Å²) in [5, 5.41) is 6.02. The molecule has 2 heterocycles. The molecule has 0 spiro atoms. The summed E-state index contributed by atoms with van der Waals surface area (Å²) in [7, 11) is 0. The van der Waals surface area contributed by atoms with Crippen molar-refractivity contribution in [3.05, 3.63) is 71.2 Å². The van der Waals surface area contributed by atoms with Crippen LogP contribution in [0.25, 0.3) is 0 Å². The molecule has 23 heavy (non-hydrogen) atoms. The van der Waals surface area contributed by atoms with E-state index in [2.05, 4.69) is 15.2 Å². The smallest absolute Gasteiger partial charge is 0.268 e. The summed E-state index contributed by atoms with van der Waals surface area (Å²) in [6, 6.07) is 11.7. The number of rotatable bonds is 6. The Bertz CT molecular complexity index is 817. The van der Waals surface area contributed by atoms with Gasteiger partial charge in [0.25, 0.3) is 5.78 Å². The molecule has 0 atom stereocenters. The van der Waals surface area contributed by atoms with Gasteiger partial charge in [-0.2, -0.15) is 0 Å². The largest absolute Gasteiger partial charge is 0.465 e. The number of hydrogen-bond acceptors (Lipinski definition) is 5. The number of ketones is 2. The number of hydrogen-bond donors (Lipinski definition) is 1. The van der Waals surface area contributed by atoms with Crippen molar-refractivity contribution in [3.63, 3.8) is 0 Å². The maximum absolute atomic E-state index is 11.9. The summed E-state index contributed by atoms with van der Waals surface area (Å²) in [6.07, 6.45) is 1.80. The third kappa shape index (κ3) is 3.60. The third-order valence-electron chi connectivity index (χ3n) is 3.42. The number of aromatic nitrogens is 3. The molecule has 0 unspecified atom stereocenters. The van der Waals surface area contributed by atoms with Crippen molar-refractivity contribution >= 4 is 11.6 Å². The van der Waals surface area contributed by atoms with Crippen molar-refractivity contribution in [2.45, 2.75) is 19.8 Å². The topological polar surface area (TPSA) is 88.9 Å². The second-order valence-electron chi connectivity index (χ2n) is 5.28. The highest BCUT2D eigenvalue weighted by Crippen LogP contribution is 2.15. The van der Waals surface area contributed by atoms with Crippen LogP contribution in [-0.2, 0) is 17.6 Å². The molecule has 0 fully saturated rings. The zero-order chi connectivity index (χ0) is 16.2. The normalized spacial score (nSPS) is 10.7. The number of nitrogens with one attached hydrogen (secondary N) is 1. The van der Waals surface area contributed by atoms with Crippen LogP contribution in [0.2, 0.25) is 0 Å². The Morgan fingerprint density at radius 3 is 2.52 bits per heavy atom. The van der Waals surface area contributed by atoms with Crippen LogP contribution in [0.3, 0.4) is 0 Å². The molecule has 0 saturated carbocycles. The van der Waals surface area contributed by atoms with Crippen molar-refractivity contribution in [3.8, 4) is 0 Å². The molecule has 3 rings (SSSR count). The molecule has 116 valence electrons. The zero-order valence-electron chi connectivity index (χ0n) is 12.6. The lowest BCUT2D eigenvalue weighted by Gasteiger charge is -1.99. The fourth-order valence-electron chi connectivity index (χ4n) is 2.20. The Kier molecular flexibility index (Phi) is 4.14. The van der Waals surface area contributed by atoms with Crippen molar-refractivity contribution < 1.29 is 14.0 Å². The van der Waals surface area contributed by atoms with Gasteiger partial charge in [0.15, 0.2) is 0 Å². The van der Waals surface area contributed by atoms with Crippen LogP contribution in [0.5, 0.6) is 0 Å². The first-order valence-corrected chi connectivity index (χ1v) is 7.18. The van der Waals surface area contributed by atoms with E-state index in [1.165, 1.54) is 11.9 Å². The van der Waals surface area contributed by atoms with Crippen LogP contribution >= 0.6 is 0 Å². The van der Waals surface area contributed by atoms with Crippen LogP contribution in [0, 0.1) is 6.92 Å². The first-order chi connectivity index (χ1) is 11.1. The highest BCUT2D eigenvalue weighted by Gasteiger charge is 2.21. The van der Waals surface area contributed by atoms with Crippen molar-refractivity contribution in [1.29, 1.82) is 0 Å². The molecule has 3 aromatic rings. The van der Waals surface area contributed by atoms with E-state index in [4.69, 9.17) is 4.42 Å². The molecule has 0 aliphatic heterocycles. The maximum Gasteiger partial charge on any atom is 0.268 e. The molecule has 0 radical (unpaired) electrons. The lowest BCUT2D eigenvalue weighted by molar-refractivity contribution is -0.114. The van der Waals surface area contributed by atoms with E-state index < -0.39 is 11.6 Å². The average molecular weight is 309 g/mol. The Labute approximate surface area is 132 Å². The van der Waals surface area contributed by atoms with Gasteiger partial charge in [0.1, 0.15) is 17.8 Å². The average Bonchev–Trinajstić information content (AvgIpc) is 3.21. The molecule has 0 aliphatic carbocycles. The Balaban J connectivity index is 1.64. The molecule has 0 aliphatic rings.